The molecule has 0 saturated heterocycles. The van der Waals surface area contributed by atoms with Crippen LogP contribution in [0.25, 0.3) is 0 Å². The molecule has 0 radical (unpaired) electrons. The third-order valence-electron chi connectivity index (χ3n) is 2.09. The van der Waals surface area contributed by atoms with Gasteiger partial charge >= 0.3 is 5.97 Å². The molecule has 1 atom stereocenters. The summed E-state index contributed by atoms with van der Waals surface area (Å²) in [7, 11) is -1.19. The Labute approximate surface area is 98.6 Å². The highest BCUT2D eigenvalue weighted by Gasteiger charge is 2.22. The molecular weight excluding hydrogens is 220 g/mol. The van der Waals surface area contributed by atoms with Gasteiger partial charge in [-0.1, -0.05) is 25.6 Å². The number of hydrogen-bond donors (Lipinski definition) is 0. The van der Waals surface area contributed by atoms with Crippen LogP contribution >= 0.6 is 0 Å². The highest BCUT2D eigenvalue weighted by atomic mass is 28.3. The van der Waals surface area contributed by atoms with E-state index in [0.717, 1.165) is 6.04 Å². The molecule has 0 aromatic rings. The molecule has 4 heteroatoms. The maximum Gasteiger partial charge on any atom is 0.317 e. The lowest BCUT2D eigenvalue weighted by molar-refractivity contribution is -0.149. The predicted molar refractivity (Wildman–Crippen MR) is 66.7 cm³/mol. The van der Waals surface area contributed by atoms with Gasteiger partial charge in [-0.3, -0.25) is 9.59 Å². The van der Waals surface area contributed by atoms with Crippen molar-refractivity contribution < 1.29 is 14.3 Å². The Hall–Kier alpha value is -1.08. The van der Waals surface area contributed by atoms with Crippen LogP contribution in [0.5, 0.6) is 0 Å². The molecule has 1 unspecified atom stereocenters. The minimum absolute atomic E-state index is 0.375. The summed E-state index contributed by atoms with van der Waals surface area (Å²) in [6.45, 7) is 10.1. The minimum Gasteiger partial charge on any atom is -0.465 e. The number of carbonyl (C=O) groups excluding carboxylic acids is 2. The first kappa shape index (κ1) is 14.9. The zero-order chi connectivity index (χ0) is 12.8. The van der Waals surface area contributed by atoms with E-state index < -0.39 is 20.0 Å². The van der Waals surface area contributed by atoms with E-state index in [1.807, 2.05) is 0 Å². The van der Waals surface area contributed by atoms with Crippen LogP contribution in [0.15, 0.2) is 0 Å². The van der Waals surface area contributed by atoms with Gasteiger partial charge in [-0.25, -0.2) is 0 Å². The van der Waals surface area contributed by atoms with Gasteiger partial charge in [-0.2, -0.15) is 0 Å². The van der Waals surface area contributed by atoms with E-state index in [-0.39, 0.29) is 5.78 Å². The van der Waals surface area contributed by atoms with Crippen molar-refractivity contribution in [2.45, 2.75) is 39.5 Å². The molecule has 0 aromatic carbocycles. The fourth-order valence-corrected chi connectivity index (χ4v) is 1.64. The third-order valence-corrected chi connectivity index (χ3v) is 3.80. The van der Waals surface area contributed by atoms with Crippen LogP contribution in [0.2, 0.25) is 25.7 Å². The molecule has 16 heavy (non-hydrogen) atoms. The summed E-state index contributed by atoms with van der Waals surface area (Å²) >= 11 is 0. The molecule has 0 saturated carbocycles. The van der Waals surface area contributed by atoms with Gasteiger partial charge in [0.15, 0.2) is 0 Å². The van der Waals surface area contributed by atoms with Crippen molar-refractivity contribution >= 4 is 19.8 Å². The number of hydrogen-bond acceptors (Lipinski definition) is 3. The van der Waals surface area contributed by atoms with Crippen molar-refractivity contribution in [2.75, 3.05) is 6.61 Å². The van der Waals surface area contributed by atoms with Crippen LogP contribution in [0.4, 0.5) is 0 Å². The van der Waals surface area contributed by atoms with E-state index in [1.165, 1.54) is 6.92 Å². The first-order chi connectivity index (χ1) is 7.28. The highest BCUT2D eigenvalue weighted by Crippen LogP contribution is 2.09. The molecule has 0 bridgehead atoms. The van der Waals surface area contributed by atoms with Crippen molar-refractivity contribution in [2.24, 2.45) is 5.92 Å². The second-order valence-corrected chi connectivity index (χ2v) is 10.6. The third kappa shape index (κ3) is 6.41. The summed E-state index contributed by atoms with van der Waals surface area (Å²) in [4.78, 5) is 22.7. The van der Waals surface area contributed by atoms with Crippen LogP contribution in [-0.2, 0) is 14.3 Å². The van der Waals surface area contributed by atoms with Gasteiger partial charge in [0.25, 0.3) is 0 Å². The number of carbonyl (C=O) groups is 2. The van der Waals surface area contributed by atoms with E-state index in [9.17, 15) is 9.59 Å². The summed E-state index contributed by atoms with van der Waals surface area (Å²) in [5.74, 6) is 3.22. The van der Waals surface area contributed by atoms with Crippen molar-refractivity contribution in [3.63, 3.8) is 0 Å². The lowest BCUT2D eigenvalue weighted by Crippen LogP contribution is -2.26. The molecular formula is C12H20O3Si. The topological polar surface area (TPSA) is 43.4 Å². The van der Waals surface area contributed by atoms with Crippen LogP contribution in [0, 0.1) is 17.8 Å². The molecule has 0 aromatic heterocycles. The molecule has 0 N–H and O–H groups in total. The van der Waals surface area contributed by atoms with Gasteiger partial charge in [0.05, 0.1) is 6.61 Å². The lowest BCUT2D eigenvalue weighted by atomic mass is 10.1. The molecule has 0 aliphatic carbocycles. The quantitative estimate of drug-likeness (QED) is 0.243. The monoisotopic (exact) mass is 240 g/mol. The fraction of sp³-hybridized carbons (Fsp3) is 0.667. The van der Waals surface area contributed by atoms with Gasteiger partial charge in [0, 0.05) is 8.07 Å². The van der Waals surface area contributed by atoms with E-state index in [4.69, 9.17) is 4.74 Å². The number of ketones is 1. The van der Waals surface area contributed by atoms with E-state index in [2.05, 4.69) is 31.5 Å². The van der Waals surface area contributed by atoms with Crippen molar-refractivity contribution in [3.8, 4) is 11.8 Å². The molecule has 0 amide bonds. The van der Waals surface area contributed by atoms with Crippen molar-refractivity contribution in [1.82, 2.24) is 0 Å². The highest BCUT2D eigenvalue weighted by molar-refractivity contribution is 6.76. The van der Waals surface area contributed by atoms with Gasteiger partial charge < -0.3 is 4.74 Å². The Balaban J connectivity index is 4.06. The summed E-state index contributed by atoms with van der Waals surface area (Å²) in [6.07, 6.45) is 0. The zero-order valence-electron chi connectivity index (χ0n) is 10.7. The molecule has 0 aliphatic rings. The molecule has 0 aliphatic heterocycles. The number of ether oxygens (including phenoxy) is 1. The molecule has 0 spiro atoms. The van der Waals surface area contributed by atoms with Crippen LogP contribution in [0.1, 0.15) is 13.8 Å². The Kier molecular flexibility index (Phi) is 6.05. The normalized spacial score (nSPS) is 12.3. The molecule has 90 valence electrons. The number of rotatable bonds is 5. The summed E-state index contributed by atoms with van der Waals surface area (Å²) in [5.41, 5.74) is 0. The van der Waals surface area contributed by atoms with Crippen LogP contribution < -0.4 is 0 Å². The molecule has 0 fully saturated rings. The lowest BCUT2D eigenvalue weighted by Gasteiger charge is -2.16. The summed E-state index contributed by atoms with van der Waals surface area (Å²) in [6, 6.07) is 0.916. The maximum atomic E-state index is 11.4. The Morgan fingerprint density at radius 3 is 2.31 bits per heavy atom. The van der Waals surface area contributed by atoms with Crippen molar-refractivity contribution in [3.05, 3.63) is 0 Å². The zero-order valence-corrected chi connectivity index (χ0v) is 11.7. The number of Topliss-reactive ketones (excluding diaryl/α,β-unsaturated/α-hetero) is 1. The van der Waals surface area contributed by atoms with Gasteiger partial charge in [0.1, 0.15) is 5.92 Å². The largest absolute Gasteiger partial charge is 0.465 e. The van der Waals surface area contributed by atoms with Crippen LogP contribution in [0.3, 0.4) is 0 Å². The Morgan fingerprint density at radius 2 is 1.88 bits per heavy atom. The SMILES string of the molecule is CC#CC(=O)C(C)C(=O)OCC[Si](C)(C)C. The fourth-order valence-electron chi connectivity index (χ4n) is 0.921. The minimum atomic E-state index is -1.19. The van der Waals surface area contributed by atoms with Gasteiger partial charge in [-0.15, -0.1) is 0 Å². The first-order valence-electron chi connectivity index (χ1n) is 5.41. The maximum absolute atomic E-state index is 11.4. The molecule has 0 heterocycles. The average Bonchev–Trinajstić information content (AvgIpc) is 2.14. The van der Waals surface area contributed by atoms with Crippen molar-refractivity contribution in [1.29, 1.82) is 0 Å². The first-order valence-corrected chi connectivity index (χ1v) is 9.12. The molecule has 3 nitrogen and oxygen atoms in total. The second kappa shape index (κ2) is 6.49. The Morgan fingerprint density at radius 1 is 1.31 bits per heavy atom. The standard InChI is InChI=1S/C12H20O3Si/c1-6-7-11(13)10(2)12(14)15-8-9-16(3,4)5/h10H,8-9H2,1-5H3. The average molecular weight is 240 g/mol. The number of esters is 1. The Bertz CT molecular complexity index is 317. The second-order valence-electron chi connectivity index (χ2n) is 4.94. The van der Waals surface area contributed by atoms with Gasteiger partial charge in [-0.05, 0) is 25.8 Å². The van der Waals surface area contributed by atoms with Gasteiger partial charge in [0.2, 0.25) is 5.78 Å². The summed E-state index contributed by atoms with van der Waals surface area (Å²) in [5, 5.41) is 0. The van der Waals surface area contributed by atoms with Crippen LogP contribution in [-0.4, -0.2) is 26.4 Å². The smallest absolute Gasteiger partial charge is 0.317 e. The summed E-state index contributed by atoms with van der Waals surface area (Å²) < 4.78 is 5.05. The predicted octanol–water partition coefficient (Wildman–Crippen LogP) is 2.10. The van der Waals surface area contributed by atoms with E-state index in [0.29, 0.717) is 6.61 Å². The molecule has 0 rings (SSSR count). The van der Waals surface area contributed by atoms with E-state index in [1.54, 1.807) is 6.92 Å². The van der Waals surface area contributed by atoms with E-state index >= 15 is 0 Å².